The van der Waals surface area contributed by atoms with Gasteiger partial charge in [-0.15, -0.1) is 0 Å². The molecule has 2 N–H and O–H groups in total. The summed E-state index contributed by atoms with van der Waals surface area (Å²) in [4.78, 5) is 5.00. The molecule has 1 saturated heterocycles. The van der Waals surface area contributed by atoms with Crippen molar-refractivity contribution in [3.63, 3.8) is 0 Å². The second-order valence-corrected chi connectivity index (χ2v) is 6.07. The van der Waals surface area contributed by atoms with Gasteiger partial charge in [-0.25, -0.2) is 0 Å². The van der Waals surface area contributed by atoms with Crippen molar-refractivity contribution in [2.75, 3.05) is 36.8 Å². The van der Waals surface area contributed by atoms with E-state index >= 15 is 0 Å². The fourth-order valence-electron chi connectivity index (χ4n) is 3.09. The number of nitrogens with two attached hydrogens (primary N) is 1. The molecule has 3 rings (SSSR count). The first-order chi connectivity index (χ1) is 9.13. The molecule has 1 aromatic rings. The fourth-order valence-corrected chi connectivity index (χ4v) is 3.16. The topological polar surface area (TPSA) is 32.5 Å². The van der Waals surface area contributed by atoms with Gasteiger partial charge in [0.05, 0.1) is 0 Å². The van der Waals surface area contributed by atoms with Crippen LogP contribution in [0.4, 0.5) is 11.4 Å². The summed E-state index contributed by atoms with van der Waals surface area (Å²) in [6.45, 7) is 6.17. The predicted molar refractivity (Wildman–Crippen MR) is 81.7 cm³/mol. The van der Waals surface area contributed by atoms with Gasteiger partial charge in [0.15, 0.2) is 0 Å². The molecule has 19 heavy (non-hydrogen) atoms. The molecule has 0 aromatic heterocycles. The average Bonchev–Trinajstić information content (AvgIpc) is 2.39. The van der Waals surface area contributed by atoms with Crippen LogP contribution in [0.2, 0.25) is 0 Å². The van der Waals surface area contributed by atoms with E-state index in [4.69, 9.17) is 17.3 Å². The van der Waals surface area contributed by atoms with Crippen LogP contribution in [0.15, 0.2) is 29.3 Å². The van der Waals surface area contributed by atoms with Gasteiger partial charge < -0.3 is 10.6 Å². The largest absolute Gasteiger partial charge is 0.399 e. The second-order valence-electron chi connectivity index (χ2n) is 5.48. The van der Waals surface area contributed by atoms with E-state index in [1.165, 1.54) is 11.3 Å². The van der Waals surface area contributed by atoms with E-state index in [-0.39, 0.29) is 0 Å². The number of rotatable bonds is 2. The SMILES string of the molecule is C/C(Cl)=C/CN1CCN2CC1Cc1ccc(N)cc12. The second kappa shape index (κ2) is 5.06. The van der Waals surface area contributed by atoms with Crippen LogP contribution in [0.5, 0.6) is 0 Å². The molecule has 0 amide bonds. The van der Waals surface area contributed by atoms with Crippen molar-refractivity contribution in [2.24, 2.45) is 0 Å². The highest BCUT2D eigenvalue weighted by molar-refractivity contribution is 6.29. The minimum absolute atomic E-state index is 0.595. The van der Waals surface area contributed by atoms with E-state index in [0.29, 0.717) is 6.04 Å². The summed E-state index contributed by atoms with van der Waals surface area (Å²) < 4.78 is 0. The van der Waals surface area contributed by atoms with Gasteiger partial charge in [-0.2, -0.15) is 0 Å². The molecular formula is C15H20ClN3. The van der Waals surface area contributed by atoms with E-state index in [9.17, 15) is 0 Å². The van der Waals surface area contributed by atoms with Gasteiger partial charge in [0.25, 0.3) is 0 Å². The molecule has 3 nitrogen and oxygen atoms in total. The van der Waals surface area contributed by atoms with Crippen LogP contribution in [-0.2, 0) is 6.42 Å². The zero-order valence-corrected chi connectivity index (χ0v) is 12.0. The van der Waals surface area contributed by atoms with Crippen LogP contribution in [0.1, 0.15) is 12.5 Å². The van der Waals surface area contributed by atoms with Gasteiger partial charge >= 0.3 is 0 Å². The minimum Gasteiger partial charge on any atom is -0.399 e. The first kappa shape index (κ1) is 12.8. The van der Waals surface area contributed by atoms with Crippen LogP contribution in [-0.4, -0.2) is 37.1 Å². The maximum absolute atomic E-state index is 5.94. The highest BCUT2D eigenvalue weighted by atomic mass is 35.5. The summed E-state index contributed by atoms with van der Waals surface area (Å²) in [5, 5.41) is 0.881. The van der Waals surface area contributed by atoms with Gasteiger partial charge in [-0.05, 0) is 31.0 Å². The summed E-state index contributed by atoms with van der Waals surface area (Å²) in [6, 6.07) is 6.89. The zero-order valence-electron chi connectivity index (χ0n) is 11.3. The Morgan fingerprint density at radius 1 is 1.47 bits per heavy atom. The fraction of sp³-hybridized carbons (Fsp3) is 0.467. The van der Waals surface area contributed by atoms with Crippen LogP contribution in [0.3, 0.4) is 0 Å². The Bertz CT molecular complexity index is 508. The number of nitrogens with zero attached hydrogens (tertiary/aromatic N) is 2. The van der Waals surface area contributed by atoms with Crippen molar-refractivity contribution in [1.29, 1.82) is 0 Å². The molecule has 102 valence electrons. The molecular weight excluding hydrogens is 258 g/mol. The lowest BCUT2D eigenvalue weighted by molar-refractivity contribution is 0.188. The Morgan fingerprint density at radius 3 is 3.11 bits per heavy atom. The Hall–Kier alpha value is -1.19. The standard InChI is InChI=1S/C15H20ClN3/c1-11(16)4-5-18-6-7-19-10-14(18)8-12-2-3-13(17)9-15(12)19/h2-4,9,14H,5-8,10,17H2,1H3/b11-4-. The molecule has 0 spiro atoms. The molecule has 2 bridgehead atoms. The van der Waals surface area contributed by atoms with Crippen molar-refractivity contribution < 1.29 is 0 Å². The third kappa shape index (κ3) is 2.58. The number of fused-ring (bicyclic) bond motifs is 4. The molecule has 2 aliphatic heterocycles. The molecule has 1 fully saturated rings. The first-order valence-electron chi connectivity index (χ1n) is 6.83. The molecule has 1 atom stereocenters. The third-order valence-electron chi connectivity index (χ3n) is 4.12. The molecule has 1 unspecified atom stereocenters. The summed E-state index contributed by atoms with van der Waals surface area (Å²) in [7, 11) is 0. The molecule has 2 heterocycles. The summed E-state index contributed by atoms with van der Waals surface area (Å²) >= 11 is 5.94. The van der Waals surface area contributed by atoms with Crippen LogP contribution >= 0.6 is 11.6 Å². The Kier molecular flexibility index (Phi) is 3.42. The van der Waals surface area contributed by atoms with Crippen LogP contribution in [0.25, 0.3) is 0 Å². The predicted octanol–water partition coefficient (Wildman–Crippen LogP) is 2.46. The van der Waals surface area contributed by atoms with Crippen molar-refractivity contribution in [1.82, 2.24) is 4.90 Å². The van der Waals surface area contributed by atoms with Gasteiger partial charge in [-0.1, -0.05) is 23.7 Å². The number of halogens is 1. The van der Waals surface area contributed by atoms with Crippen LogP contribution < -0.4 is 10.6 Å². The zero-order chi connectivity index (χ0) is 13.4. The van der Waals surface area contributed by atoms with Gasteiger partial charge in [-0.3, -0.25) is 4.90 Å². The Balaban J connectivity index is 1.81. The summed E-state index contributed by atoms with van der Waals surface area (Å²) in [6.07, 6.45) is 3.22. The highest BCUT2D eigenvalue weighted by Crippen LogP contribution is 2.32. The van der Waals surface area contributed by atoms with Gasteiger partial charge in [0, 0.05) is 48.6 Å². The monoisotopic (exact) mass is 277 g/mol. The normalized spacial score (nSPS) is 23.4. The number of allylic oxidation sites excluding steroid dienone is 1. The smallest absolute Gasteiger partial charge is 0.0421 e. The molecule has 0 saturated carbocycles. The lowest BCUT2D eigenvalue weighted by Crippen LogP contribution is -2.56. The van der Waals surface area contributed by atoms with Crippen LogP contribution in [0, 0.1) is 0 Å². The van der Waals surface area contributed by atoms with Crippen molar-refractivity contribution in [3.05, 3.63) is 34.9 Å². The maximum Gasteiger partial charge on any atom is 0.0421 e. The summed E-state index contributed by atoms with van der Waals surface area (Å²) in [5.41, 5.74) is 9.51. The lowest BCUT2D eigenvalue weighted by Gasteiger charge is -2.46. The van der Waals surface area contributed by atoms with E-state index in [1.54, 1.807) is 0 Å². The van der Waals surface area contributed by atoms with Crippen molar-refractivity contribution in [2.45, 2.75) is 19.4 Å². The van der Waals surface area contributed by atoms with E-state index in [0.717, 1.165) is 43.3 Å². The molecule has 1 aromatic carbocycles. The molecule has 4 heteroatoms. The van der Waals surface area contributed by atoms with Crippen molar-refractivity contribution >= 4 is 23.0 Å². The van der Waals surface area contributed by atoms with E-state index in [1.807, 2.05) is 13.0 Å². The number of benzene rings is 1. The lowest BCUT2D eigenvalue weighted by atomic mass is 9.94. The van der Waals surface area contributed by atoms with E-state index in [2.05, 4.69) is 28.0 Å². The highest BCUT2D eigenvalue weighted by Gasteiger charge is 2.32. The third-order valence-corrected chi connectivity index (χ3v) is 4.27. The van der Waals surface area contributed by atoms with Crippen molar-refractivity contribution in [3.8, 4) is 0 Å². The first-order valence-corrected chi connectivity index (χ1v) is 7.21. The number of hydrogen-bond acceptors (Lipinski definition) is 3. The van der Waals surface area contributed by atoms with Gasteiger partial charge in [0.2, 0.25) is 0 Å². The molecule has 0 radical (unpaired) electrons. The van der Waals surface area contributed by atoms with E-state index < -0.39 is 0 Å². The average molecular weight is 278 g/mol. The quantitative estimate of drug-likeness (QED) is 0.843. The minimum atomic E-state index is 0.595. The number of anilines is 2. The molecule has 0 aliphatic carbocycles. The maximum atomic E-state index is 5.94. The number of hydrogen-bond donors (Lipinski definition) is 1. The Labute approximate surface area is 119 Å². The number of nitrogen functional groups attached to an aromatic ring is 1. The number of piperazine rings is 1. The molecule has 2 aliphatic rings. The Morgan fingerprint density at radius 2 is 2.32 bits per heavy atom. The summed E-state index contributed by atoms with van der Waals surface area (Å²) in [5.74, 6) is 0. The van der Waals surface area contributed by atoms with Gasteiger partial charge in [0.1, 0.15) is 0 Å².